The van der Waals surface area contributed by atoms with Gasteiger partial charge in [0.05, 0.1) is 22.4 Å². The Bertz CT molecular complexity index is 1430. The van der Waals surface area contributed by atoms with Gasteiger partial charge in [-0.1, -0.05) is 46.1 Å². The highest BCUT2D eigenvalue weighted by molar-refractivity contribution is 9.10. The Kier molecular flexibility index (Phi) is 5.01. The van der Waals surface area contributed by atoms with Gasteiger partial charge in [-0.3, -0.25) is 9.59 Å². The first-order chi connectivity index (χ1) is 16.0. The number of amides is 2. The number of imidazole rings is 1. The highest BCUT2D eigenvalue weighted by atomic mass is 79.9. The maximum atomic E-state index is 13.1. The summed E-state index contributed by atoms with van der Waals surface area (Å²) in [6.45, 7) is 0. The second-order valence-corrected chi connectivity index (χ2v) is 11.2. The molecule has 2 amide bonds. The lowest BCUT2D eigenvalue weighted by molar-refractivity contribution is -0.0518. The minimum Gasteiger partial charge on any atom is -0.349 e. The van der Waals surface area contributed by atoms with Crippen LogP contribution in [0.2, 0.25) is 5.02 Å². The van der Waals surface area contributed by atoms with Gasteiger partial charge in [0, 0.05) is 32.1 Å². The van der Waals surface area contributed by atoms with Gasteiger partial charge < -0.3 is 15.6 Å². The van der Waals surface area contributed by atoms with E-state index >= 15 is 0 Å². The van der Waals surface area contributed by atoms with Crippen molar-refractivity contribution in [3.8, 4) is 0 Å². The topological polar surface area (TPSA) is 86.9 Å². The molecule has 2 unspecified atom stereocenters. The number of carbonyl (C=O) groups is 2. The molecular formula is C24H20BrClN4O2S. The minimum atomic E-state index is -0.139. The van der Waals surface area contributed by atoms with Crippen molar-refractivity contribution in [1.29, 1.82) is 0 Å². The van der Waals surface area contributed by atoms with Crippen molar-refractivity contribution in [3.05, 3.63) is 62.7 Å². The number of nitrogens with one attached hydrogen (secondary N) is 3. The van der Waals surface area contributed by atoms with Crippen molar-refractivity contribution in [3.63, 3.8) is 0 Å². The van der Waals surface area contributed by atoms with Gasteiger partial charge in [0.15, 0.2) is 0 Å². The Hall–Kier alpha value is -2.42. The first-order valence-corrected chi connectivity index (χ1v) is 12.9. The molecule has 1 spiro atoms. The summed E-state index contributed by atoms with van der Waals surface area (Å²) in [6, 6.07) is 11.4. The van der Waals surface area contributed by atoms with Crippen LogP contribution >= 0.6 is 38.9 Å². The molecule has 168 valence electrons. The molecule has 0 radical (unpaired) electrons. The van der Waals surface area contributed by atoms with Crippen LogP contribution in [0.4, 0.5) is 0 Å². The minimum absolute atomic E-state index is 0.0261. The number of fused-ring (bicyclic) bond motifs is 2. The number of aromatic nitrogens is 2. The van der Waals surface area contributed by atoms with Crippen LogP contribution < -0.4 is 10.6 Å². The number of aromatic amines is 1. The summed E-state index contributed by atoms with van der Waals surface area (Å²) < 4.78 is 1.93. The van der Waals surface area contributed by atoms with E-state index in [9.17, 15) is 9.59 Å². The largest absolute Gasteiger partial charge is 0.349 e. The molecule has 6 nitrogen and oxygen atoms in total. The van der Waals surface area contributed by atoms with Crippen molar-refractivity contribution >= 4 is 71.8 Å². The molecule has 33 heavy (non-hydrogen) atoms. The molecule has 2 saturated carbocycles. The predicted octanol–water partition coefficient (Wildman–Crippen LogP) is 5.66. The van der Waals surface area contributed by atoms with Crippen LogP contribution in [-0.4, -0.2) is 33.9 Å². The molecule has 0 aliphatic heterocycles. The van der Waals surface area contributed by atoms with E-state index in [1.54, 1.807) is 12.4 Å². The Morgan fingerprint density at radius 1 is 1.15 bits per heavy atom. The van der Waals surface area contributed by atoms with E-state index in [2.05, 4.69) is 36.5 Å². The van der Waals surface area contributed by atoms with Gasteiger partial charge in [-0.15, -0.1) is 11.3 Å². The van der Waals surface area contributed by atoms with Crippen LogP contribution in [0.3, 0.4) is 0 Å². The third kappa shape index (κ3) is 3.30. The van der Waals surface area contributed by atoms with Crippen molar-refractivity contribution in [2.75, 3.05) is 0 Å². The van der Waals surface area contributed by atoms with E-state index in [0.717, 1.165) is 39.3 Å². The van der Waals surface area contributed by atoms with Crippen molar-refractivity contribution in [2.24, 2.45) is 5.41 Å². The summed E-state index contributed by atoms with van der Waals surface area (Å²) in [5.74, 6) is -0.258. The molecule has 2 aliphatic carbocycles. The maximum Gasteiger partial charge on any atom is 0.263 e. The summed E-state index contributed by atoms with van der Waals surface area (Å²) in [7, 11) is 0. The fourth-order valence-electron chi connectivity index (χ4n) is 5.27. The standard InChI is InChI=1S/C24H20BrClN4O2S/c25-12-5-6-13-16(9-12)33-21(19(13)26)23(32)30-18-10-17(24(18)7-2-8-24)29-22(31)14-3-1-4-15-20(14)28-11-27-15/h1,3-6,9,11,17-18H,2,7-8,10H2,(H,27,28)(H,29,31)(H,30,32). The average molecular weight is 544 g/mol. The Balaban J connectivity index is 1.19. The normalized spacial score (nSPS) is 21.0. The van der Waals surface area contributed by atoms with Gasteiger partial charge in [-0.2, -0.15) is 0 Å². The molecule has 2 heterocycles. The van der Waals surface area contributed by atoms with Crippen LogP contribution in [0.25, 0.3) is 21.1 Å². The highest BCUT2D eigenvalue weighted by Gasteiger charge is 2.59. The first kappa shape index (κ1) is 21.1. The maximum absolute atomic E-state index is 13.1. The smallest absolute Gasteiger partial charge is 0.263 e. The molecule has 0 bridgehead atoms. The first-order valence-electron chi connectivity index (χ1n) is 10.9. The number of halogens is 2. The summed E-state index contributed by atoms with van der Waals surface area (Å²) in [5.41, 5.74) is 2.00. The Labute approximate surface area is 207 Å². The summed E-state index contributed by atoms with van der Waals surface area (Å²) in [5, 5.41) is 7.82. The predicted molar refractivity (Wildman–Crippen MR) is 134 cm³/mol. The number of hydrogen-bond acceptors (Lipinski definition) is 4. The van der Waals surface area contributed by atoms with Gasteiger partial charge in [-0.05, 0) is 43.5 Å². The molecule has 2 aromatic heterocycles. The lowest BCUT2D eigenvalue weighted by Crippen LogP contribution is -2.71. The van der Waals surface area contributed by atoms with Crippen LogP contribution in [0.15, 0.2) is 47.2 Å². The van der Waals surface area contributed by atoms with Gasteiger partial charge >= 0.3 is 0 Å². The number of rotatable bonds is 4. The molecule has 6 rings (SSSR count). The molecule has 2 aromatic carbocycles. The number of benzene rings is 2. The SMILES string of the molecule is O=C(NC1CC(NC(=O)c2cccc3[nH]cnc23)C12CCC2)c1sc2cc(Br)ccc2c1Cl. The number of hydrogen-bond donors (Lipinski definition) is 3. The zero-order valence-corrected chi connectivity index (χ0v) is 20.6. The third-order valence-corrected chi connectivity index (χ3v) is 9.40. The summed E-state index contributed by atoms with van der Waals surface area (Å²) >= 11 is 11.4. The monoisotopic (exact) mass is 542 g/mol. The average Bonchev–Trinajstić information content (AvgIpc) is 3.35. The van der Waals surface area contributed by atoms with Crippen molar-refractivity contribution < 1.29 is 9.59 Å². The fourth-order valence-corrected chi connectivity index (χ4v) is 7.24. The number of carbonyl (C=O) groups excluding carboxylic acids is 2. The lowest BCUT2D eigenvalue weighted by atomic mass is 9.49. The second kappa shape index (κ2) is 7.82. The second-order valence-electron chi connectivity index (χ2n) is 8.86. The summed E-state index contributed by atoms with van der Waals surface area (Å²) in [4.78, 5) is 34.0. The number of thiophene rings is 1. The zero-order valence-electron chi connectivity index (χ0n) is 17.5. The number of H-pyrrole nitrogens is 1. The molecule has 2 fully saturated rings. The third-order valence-electron chi connectivity index (χ3n) is 7.25. The van der Waals surface area contributed by atoms with Crippen LogP contribution in [0.5, 0.6) is 0 Å². The molecular weight excluding hydrogens is 524 g/mol. The molecule has 2 aliphatic rings. The van der Waals surface area contributed by atoms with E-state index in [1.807, 2.05) is 30.3 Å². The highest BCUT2D eigenvalue weighted by Crippen LogP contribution is 2.56. The van der Waals surface area contributed by atoms with Crippen LogP contribution in [-0.2, 0) is 0 Å². The van der Waals surface area contributed by atoms with E-state index < -0.39 is 0 Å². The van der Waals surface area contributed by atoms with E-state index in [0.29, 0.717) is 27.4 Å². The van der Waals surface area contributed by atoms with E-state index in [-0.39, 0.29) is 29.3 Å². The summed E-state index contributed by atoms with van der Waals surface area (Å²) in [6.07, 6.45) is 5.39. The van der Waals surface area contributed by atoms with E-state index in [4.69, 9.17) is 11.6 Å². The fraction of sp³-hybridized carbons (Fsp3) is 0.292. The lowest BCUT2D eigenvalue weighted by Gasteiger charge is -2.61. The molecule has 2 atom stereocenters. The van der Waals surface area contributed by atoms with Gasteiger partial charge in [-0.25, -0.2) is 4.98 Å². The molecule has 0 saturated heterocycles. The van der Waals surface area contributed by atoms with Crippen molar-refractivity contribution in [1.82, 2.24) is 20.6 Å². The van der Waals surface area contributed by atoms with Gasteiger partial charge in [0.1, 0.15) is 10.4 Å². The van der Waals surface area contributed by atoms with E-state index in [1.165, 1.54) is 11.3 Å². The van der Waals surface area contributed by atoms with Crippen LogP contribution in [0, 0.1) is 5.41 Å². The number of nitrogens with zero attached hydrogens (tertiary/aromatic N) is 1. The Morgan fingerprint density at radius 3 is 2.70 bits per heavy atom. The van der Waals surface area contributed by atoms with Gasteiger partial charge in [0.25, 0.3) is 11.8 Å². The van der Waals surface area contributed by atoms with Crippen molar-refractivity contribution in [2.45, 2.75) is 37.8 Å². The quantitative estimate of drug-likeness (QED) is 0.310. The molecule has 4 aromatic rings. The zero-order chi connectivity index (χ0) is 22.7. The van der Waals surface area contributed by atoms with Gasteiger partial charge in [0.2, 0.25) is 0 Å². The van der Waals surface area contributed by atoms with Crippen LogP contribution in [0.1, 0.15) is 45.7 Å². The molecule has 9 heteroatoms. The Morgan fingerprint density at radius 2 is 1.94 bits per heavy atom. The number of para-hydroxylation sites is 1. The molecule has 3 N–H and O–H groups in total.